The largest absolute Gasteiger partial charge is 0.381 e. The van der Waals surface area contributed by atoms with Crippen LogP contribution in [0.15, 0.2) is 34.9 Å². The second-order valence-corrected chi connectivity index (χ2v) is 6.96. The van der Waals surface area contributed by atoms with Crippen molar-refractivity contribution in [3.63, 3.8) is 0 Å². The van der Waals surface area contributed by atoms with Crippen molar-refractivity contribution in [1.29, 1.82) is 0 Å². The molecule has 3 atom stereocenters. The van der Waals surface area contributed by atoms with Gasteiger partial charge in [0.05, 0.1) is 6.04 Å². The summed E-state index contributed by atoms with van der Waals surface area (Å²) in [4.78, 5) is 4.52. The zero-order valence-corrected chi connectivity index (χ0v) is 14.7. The average molecular weight is 329 g/mol. The molecule has 1 fully saturated rings. The number of hydrogen-bond acceptors (Lipinski definition) is 5. The summed E-state index contributed by atoms with van der Waals surface area (Å²) in [5.41, 5.74) is 1.29. The van der Waals surface area contributed by atoms with Crippen molar-refractivity contribution < 1.29 is 9.26 Å². The first-order chi connectivity index (χ1) is 11.6. The third-order valence-electron chi connectivity index (χ3n) is 4.59. The first-order valence-electron chi connectivity index (χ1n) is 8.85. The number of benzene rings is 1. The van der Waals surface area contributed by atoms with E-state index in [1.807, 2.05) is 0 Å². The number of rotatable bonds is 7. The number of hydrogen-bond donors (Lipinski definition) is 1. The molecular weight excluding hydrogens is 302 g/mol. The second kappa shape index (κ2) is 7.90. The van der Waals surface area contributed by atoms with E-state index in [9.17, 15) is 0 Å². The summed E-state index contributed by atoms with van der Waals surface area (Å²) >= 11 is 0. The number of nitrogens with zero attached hydrogens (tertiary/aromatic N) is 2. The maximum absolute atomic E-state index is 5.54. The van der Waals surface area contributed by atoms with Gasteiger partial charge in [0.15, 0.2) is 5.82 Å². The van der Waals surface area contributed by atoms with Gasteiger partial charge >= 0.3 is 0 Å². The predicted molar refractivity (Wildman–Crippen MR) is 92.7 cm³/mol. The molecule has 130 valence electrons. The van der Waals surface area contributed by atoms with E-state index in [0.717, 1.165) is 31.9 Å². The van der Waals surface area contributed by atoms with Crippen molar-refractivity contribution in [2.45, 2.75) is 51.6 Å². The highest BCUT2D eigenvalue weighted by Gasteiger charge is 2.25. The van der Waals surface area contributed by atoms with Crippen molar-refractivity contribution in [1.82, 2.24) is 15.5 Å². The Balaban J connectivity index is 1.72. The van der Waals surface area contributed by atoms with Crippen LogP contribution in [0.1, 0.15) is 68.9 Å². The van der Waals surface area contributed by atoms with Crippen LogP contribution >= 0.6 is 0 Å². The Bertz CT molecular complexity index is 621. The molecule has 0 spiro atoms. The number of aromatic nitrogens is 2. The van der Waals surface area contributed by atoms with E-state index in [1.165, 1.54) is 5.56 Å². The Morgan fingerprint density at radius 1 is 1.21 bits per heavy atom. The third kappa shape index (κ3) is 4.22. The molecule has 0 amide bonds. The van der Waals surface area contributed by atoms with Gasteiger partial charge in [-0.3, -0.25) is 5.32 Å². The fourth-order valence-electron chi connectivity index (χ4n) is 3.12. The molecule has 1 aromatic heterocycles. The molecule has 24 heavy (non-hydrogen) atoms. The topological polar surface area (TPSA) is 60.2 Å². The smallest absolute Gasteiger partial charge is 0.243 e. The molecule has 2 aromatic rings. The lowest BCUT2D eigenvalue weighted by Gasteiger charge is -2.24. The molecule has 1 aliphatic rings. The summed E-state index contributed by atoms with van der Waals surface area (Å²) in [7, 11) is 0. The molecule has 3 rings (SSSR count). The summed E-state index contributed by atoms with van der Waals surface area (Å²) in [5, 5.41) is 7.75. The van der Waals surface area contributed by atoms with E-state index in [4.69, 9.17) is 9.26 Å². The normalized spacial score (nSPS) is 20.4. The Morgan fingerprint density at radius 3 is 2.62 bits per heavy atom. The van der Waals surface area contributed by atoms with Gasteiger partial charge in [-0.15, -0.1) is 0 Å². The molecular formula is C19H27N3O2. The molecule has 0 unspecified atom stereocenters. The van der Waals surface area contributed by atoms with Gasteiger partial charge < -0.3 is 9.26 Å². The van der Waals surface area contributed by atoms with Crippen molar-refractivity contribution >= 4 is 0 Å². The van der Waals surface area contributed by atoms with Gasteiger partial charge in [-0.1, -0.05) is 49.3 Å². The van der Waals surface area contributed by atoms with Crippen LogP contribution < -0.4 is 5.32 Å². The van der Waals surface area contributed by atoms with Gasteiger partial charge in [0.25, 0.3) is 0 Å². The Kier molecular flexibility index (Phi) is 5.63. The van der Waals surface area contributed by atoms with E-state index in [1.54, 1.807) is 0 Å². The minimum atomic E-state index is 0.0116. The number of ether oxygens (including phenoxy) is 1. The van der Waals surface area contributed by atoms with Gasteiger partial charge in [-0.2, -0.15) is 4.98 Å². The molecule has 1 saturated heterocycles. The van der Waals surface area contributed by atoms with Crippen LogP contribution in [0.5, 0.6) is 0 Å². The quantitative estimate of drug-likeness (QED) is 0.831. The Hall–Kier alpha value is -1.72. The highest BCUT2D eigenvalue weighted by Crippen LogP contribution is 2.29. The molecule has 0 radical (unpaired) electrons. The van der Waals surface area contributed by atoms with Gasteiger partial charge in [0.1, 0.15) is 0 Å². The fourth-order valence-corrected chi connectivity index (χ4v) is 3.12. The van der Waals surface area contributed by atoms with E-state index < -0.39 is 0 Å². The molecule has 1 aliphatic heterocycles. The zero-order valence-electron chi connectivity index (χ0n) is 14.7. The van der Waals surface area contributed by atoms with Crippen molar-refractivity contribution in [2.24, 2.45) is 5.92 Å². The van der Waals surface area contributed by atoms with Crippen molar-refractivity contribution in [2.75, 3.05) is 13.2 Å². The lowest BCUT2D eigenvalue weighted by atomic mass is 9.93. The standard InChI is InChI=1S/C19H27N3O2/c1-13(2)18-21-19(24-22-18)14(3)20-17(11-15-9-10-23-12-15)16-7-5-4-6-8-16/h4-8,13-15,17,20H,9-12H2,1-3H3/t14-,15+,17-/m0/s1. The van der Waals surface area contributed by atoms with Crippen LogP contribution in [-0.4, -0.2) is 23.4 Å². The van der Waals surface area contributed by atoms with Crippen molar-refractivity contribution in [3.05, 3.63) is 47.6 Å². The van der Waals surface area contributed by atoms with E-state index in [2.05, 4.69) is 66.6 Å². The Labute approximate surface area is 143 Å². The molecule has 5 nitrogen and oxygen atoms in total. The lowest BCUT2D eigenvalue weighted by Crippen LogP contribution is -2.27. The second-order valence-electron chi connectivity index (χ2n) is 6.96. The first kappa shape index (κ1) is 17.1. The molecule has 0 aliphatic carbocycles. The minimum Gasteiger partial charge on any atom is -0.381 e. The summed E-state index contributed by atoms with van der Waals surface area (Å²) in [6.45, 7) is 7.96. The van der Waals surface area contributed by atoms with Gasteiger partial charge in [-0.25, -0.2) is 0 Å². The molecule has 1 aromatic carbocycles. The molecule has 2 heterocycles. The summed E-state index contributed by atoms with van der Waals surface area (Å²) in [5.74, 6) is 2.29. The van der Waals surface area contributed by atoms with Crippen LogP contribution in [0, 0.1) is 5.92 Å². The van der Waals surface area contributed by atoms with Crippen LogP contribution in [0.3, 0.4) is 0 Å². The summed E-state index contributed by atoms with van der Waals surface area (Å²) < 4.78 is 11.0. The molecule has 0 saturated carbocycles. The van der Waals surface area contributed by atoms with E-state index >= 15 is 0 Å². The summed E-state index contributed by atoms with van der Waals surface area (Å²) in [6, 6.07) is 10.8. The lowest BCUT2D eigenvalue weighted by molar-refractivity contribution is 0.180. The average Bonchev–Trinajstić information content (AvgIpc) is 3.26. The van der Waals surface area contributed by atoms with Crippen LogP contribution in [0.4, 0.5) is 0 Å². The maximum atomic E-state index is 5.54. The molecule has 1 N–H and O–H groups in total. The fraction of sp³-hybridized carbons (Fsp3) is 0.579. The van der Waals surface area contributed by atoms with E-state index in [0.29, 0.717) is 11.8 Å². The van der Waals surface area contributed by atoms with Crippen molar-refractivity contribution in [3.8, 4) is 0 Å². The van der Waals surface area contributed by atoms with Crippen LogP contribution in [-0.2, 0) is 4.74 Å². The highest BCUT2D eigenvalue weighted by atomic mass is 16.5. The van der Waals surface area contributed by atoms with Gasteiger partial charge in [-0.05, 0) is 31.2 Å². The minimum absolute atomic E-state index is 0.0116. The molecule has 0 bridgehead atoms. The van der Waals surface area contributed by atoms with Gasteiger partial charge in [0, 0.05) is 25.2 Å². The number of nitrogens with one attached hydrogen (secondary N) is 1. The third-order valence-corrected chi connectivity index (χ3v) is 4.59. The predicted octanol–water partition coefficient (Wildman–Crippen LogP) is 4.01. The SMILES string of the molecule is CC(C)c1noc([C@H](C)N[C@@H](C[C@H]2CCOC2)c2ccccc2)n1. The maximum Gasteiger partial charge on any atom is 0.243 e. The first-order valence-corrected chi connectivity index (χ1v) is 8.85. The molecule has 5 heteroatoms. The van der Waals surface area contributed by atoms with Crippen LogP contribution in [0.25, 0.3) is 0 Å². The van der Waals surface area contributed by atoms with Crippen LogP contribution in [0.2, 0.25) is 0 Å². The van der Waals surface area contributed by atoms with Gasteiger partial charge in [0.2, 0.25) is 5.89 Å². The zero-order chi connectivity index (χ0) is 16.9. The summed E-state index contributed by atoms with van der Waals surface area (Å²) in [6.07, 6.45) is 2.19. The Morgan fingerprint density at radius 2 is 2.00 bits per heavy atom. The van der Waals surface area contributed by atoms with E-state index in [-0.39, 0.29) is 18.0 Å². The monoisotopic (exact) mass is 329 g/mol. The highest BCUT2D eigenvalue weighted by molar-refractivity contribution is 5.19.